The van der Waals surface area contributed by atoms with Gasteiger partial charge in [0, 0.05) is 0 Å². The molecule has 0 atom stereocenters. The van der Waals surface area contributed by atoms with E-state index in [1.807, 2.05) is 13.0 Å². The first-order valence-corrected chi connectivity index (χ1v) is 12.9. The van der Waals surface area contributed by atoms with Crippen LogP contribution in [0.15, 0.2) is 79.4 Å². The monoisotopic (exact) mass is 456 g/mol. The van der Waals surface area contributed by atoms with E-state index in [-0.39, 0.29) is 5.82 Å². The summed E-state index contributed by atoms with van der Waals surface area (Å²) in [7, 11) is 0. The highest BCUT2D eigenvalue weighted by atomic mass is 19.1. The van der Waals surface area contributed by atoms with Crippen molar-refractivity contribution in [3.05, 3.63) is 102 Å². The number of aryl methyl sites for hydroxylation is 3. The number of hydrogen-bond donors (Lipinski definition) is 0. The first kappa shape index (κ1) is 24.3. The molecule has 1 saturated carbocycles. The van der Waals surface area contributed by atoms with Crippen LogP contribution >= 0.6 is 0 Å². The van der Waals surface area contributed by atoms with Crippen molar-refractivity contribution in [2.24, 2.45) is 11.8 Å². The van der Waals surface area contributed by atoms with Gasteiger partial charge in [-0.2, -0.15) is 0 Å². The van der Waals surface area contributed by atoms with Crippen molar-refractivity contribution in [3.63, 3.8) is 0 Å². The van der Waals surface area contributed by atoms with Crippen LogP contribution in [0.5, 0.6) is 5.75 Å². The van der Waals surface area contributed by atoms with E-state index in [4.69, 9.17) is 4.74 Å². The maximum Gasteiger partial charge on any atom is 0.165 e. The Bertz CT molecular complexity index is 1040. The fraction of sp³-hybridized carbons (Fsp3) is 0.375. The van der Waals surface area contributed by atoms with Crippen molar-refractivity contribution >= 4 is 0 Å². The largest absolute Gasteiger partial charge is 0.491 e. The van der Waals surface area contributed by atoms with Crippen LogP contribution in [-0.2, 0) is 19.3 Å². The van der Waals surface area contributed by atoms with Crippen molar-refractivity contribution in [2.45, 2.75) is 58.3 Å². The summed E-state index contributed by atoms with van der Waals surface area (Å²) >= 11 is 0. The minimum absolute atomic E-state index is 0.310. The Kier molecular flexibility index (Phi) is 8.57. The Morgan fingerprint density at radius 2 is 1.35 bits per heavy atom. The molecule has 0 aromatic heterocycles. The number of halogens is 1. The highest BCUT2D eigenvalue weighted by molar-refractivity contribution is 5.64. The predicted molar refractivity (Wildman–Crippen MR) is 141 cm³/mol. The van der Waals surface area contributed by atoms with Gasteiger partial charge in [-0.05, 0) is 110 Å². The number of ether oxygens (including phenoxy) is 1. The van der Waals surface area contributed by atoms with Crippen LogP contribution in [0.3, 0.4) is 0 Å². The van der Waals surface area contributed by atoms with Gasteiger partial charge in [0.1, 0.15) is 0 Å². The van der Waals surface area contributed by atoms with Crippen molar-refractivity contribution in [3.8, 4) is 16.9 Å². The van der Waals surface area contributed by atoms with Crippen LogP contribution in [0.25, 0.3) is 11.1 Å². The molecule has 2 heteroatoms. The molecule has 0 amide bonds. The van der Waals surface area contributed by atoms with Gasteiger partial charge in [-0.25, -0.2) is 4.39 Å². The summed E-state index contributed by atoms with van der Waals surface area (Å²) in [6.45, 7) is 6.28. The van der Waals surface area contributed by atoms with Crippen LogP contribution in [-0.4, -0.2) is 6.61 Å². The second-order valence-corrected chi connectivity index (χ2v) is 9.65. The highest BCUT2D eigenvalue weighted by Crippen LogP contribution is 2.32. The van der Waals surface area contributed by atoms with E-state index in [2.05, 4.69) is 61.2 Å². The molecule has 3 aromatic rings. The molecule has 0 spiro atoms. The van der Waals surface area contributed by atoms with Gasteiger partial charge in [-0.15, -0.1) is 6.58 Å². The van der Waals surface area contributed by atoms with Gasteiger partial charge >= 0.3 is 0 Å². The maximum atomic E-state index is 14.2. The normalized spacial score (nSPS) is 17.9. The van der Waals surface area contributed by atoms with E-state index in [0.717, 1.165) is 35.8 Å². The predicted octanol–water partition coefficient (Wildman–Crippen LogP) is 8.60. The molecule has 4 rings (SSSR count). The minimum atomic E-state index is -0.313. The molecular formula is C32H37FO. The quantitative estimate of drug-likeness (QED) is 0.278. The lowest BCUT2D eigenvalue weighted by atomic mass is 9.79. The van der Waals surface area contributed by atoms with E-state index < -0.39 is 0 Å². The van der Waals surface area contributed by atoms with Gasteiger partial charge < -0.3 is 4.74 Å². The van der Waals surface area contributed by atoms with E-state index in [1.54, 1.807) is 12.1 Å². The van der Waals surface area contributed by atoms with Crippen LogP contribution in [0.2, 0.25) is 0 Å². The molecule has 34 heavy (non-hydrogen) atoms. The smallest absolute Gasteiger partial charge is 0.165 e. The lowest BCUT2D eigenvalue weighted by molar-refractivity contribution is 0.296. The third kappa shape index (κ3) is 6.59. The third-order valence-corrected chi connectivity index (χ3v) is 7.31. The molecule has 0 aliphatic heterocycles. The molecule has 0 bridgehead atoms. The Labute approximate surface area is 204 Å². The van der Waals surface area contributed by atoms with Crippen molar-refractivity contribution in [2.75, 3.05) is 6.61 Å². The Morgan fingerprint density at radius 1 is 0.794 bits per heavy atom. The average Bonchev–Trinajstić information content (AvgIpc) is 2.89. The van der Waals surface area contributed by atoms with Gasteiger partial charge in [0.15, 0.2) is 11.6 Å². The van der Waals surface area contributed by atoms with Gasteiger partial charge in [0.25, 0.3) is 0 Å². The van der Waals surface area contributed by atoms with Crippen LogP contribution in [0, 0.1) is 17.7 Å². The molecule has 1 aliphatic carbocycles. The molecule has 0 heterocycles. The molecule has 1 nitrogen and oxygen atoms in total. The summed E-state index contributed by atoms with van der Waals surface area (Å²) in [5, 5.41) is 0. The van der Waals surface area contributed by atoms with Gasteiger partial charge in [0.05, 0.1) is 6.61 Å². The Morgan fingerprint density at radius 3 is 1.91 bits per heavy atom. The minimum Gasteiger partial charge on any atom is -0.491 e. The number of allylic oxidation sites excluding steroid dienone is 1. The summed E-state index contributed by atoms with van der Waals surface area (Å²) in [4.78, 5) is 0. The van der Waals surface area contributed by atoms with Gasteiger partial charge in [-0.3, -0.25) is 0 Å². The van der Waals surface area contributed by atoms with Crippen LogP contribution in [0.1, 0.15) is 55.7 Å². The van der Waals surface area contributed by atoms with Crippen LogP contribution < -0.4 is 4.74 Å². The van der Waals surface area contributed by atoms with Crippen molar-refractivity contribution in [1.82, 2.24) is 0 Å². The summed E-state index contributed by atoms with van der Waals surface area (Å²) in [6, 6.07) is 22.8. The lowest BCUT2D eigenvalue weighted by Gasteiger charge is -2.26. The zero-order valence-corrected chi connectivity index (χ0v) is 20.4. The first-order valence-electron chi connectivity index (χ1n) is 12.9. The summed E-state index contributed by atoms with van der Waals surface area (Å²) in [5.74, 6) is 1.64. The Hall–Kier alpha value is -2.87. The fourth-order valence-corrected chi connectivity index (χ4v) is 5.06. The second kappa shape index (κ2) is 12.0. The molecule has 0 saturated heterocycles. The molecule has 178 valence electrons. The topological polar surface area (TPSA) is 9.23 Å². The standard InChI is InChI=1S/C32H37FO/c1-3-24-5-7-25(8-6-24)9-10-26-11-13-27(14-12-26)15-16-28-17-19-29(20-18-28)30-21-22-32(34-4-2)31(33)23-30/h3,11-14,17-25H,1,4-10,15-16H2,2H3. The summed E-state index contributed by atoms with van der Waals surface area (Å²) in [6.07, 6.45) is 12.1. The van der Waals surface area contributed by atoms with Crippen LogP contribution in [0.4, 0.5) is 4.39 Å². The number of benzene rings is 3. The zero-order chi connectivity index (χ0) is 23.8. The van der Waals surface area contributed by atoms with Gasteiger partial charge in [0.2, 0.25) is 0 Å². The van der Waals surface area contributed by atoms with Gasteiger partial charge in [-0.1, -0.05) is 60.7 Å². The van der Waals surface area contributed by atoms with Crippen molar-refractivity contribution in [1.29, 1.82) is 0 Å². The summed E-state index contributed by atoms with van der Waals surface area (Å²) in [5.41, 5.74) is 6.04. The lowest BCUT2D eigenvalue weighted by Crippen LogP contribution is -2.13. The second-order valence-electron chi connectivity index (χ2n) is 9.65. The highest BCUT2D eigenvalue weighted by Gasteiger charge is 2.18. The molecule has 1 fully saturated rings. The molecular weight excluding hydrogens is 419 g/mol. The SMILES string of the molecule is C=CC1CCC(CCc2ccc(CCc3ccc(-c4ccc(OCC)c(F)c4)cc3)cc2)CC1. The Balaban J connectivity index is 1.25. The maximum absolute atomic E-state index is 14.2. The molecule has 0 radical (unpaired) electrons. The fourth-order valence-electron chi connectivity index (χ4n) is 5.06. The molecule has 3 aromatic carbocycles. The van der Waals surface area contributed by atoms with E-state index in [0.29, 0.717) is 12.4 Å². The van der Waals surface area contributed by atoms with E-state index in [9.17, 15) is 4.39 Å². The third-order valence-electron chi connectivity index (χ3n) is 7.31. The molecule has 1 aliphatic rings. The zero-order valence-electron chi connectivity index (χ0n) is 20.4. The van der Waals surface area contributed by atoms with E-state index in [1.165, 1.54) is 55.2 Å². The molecule has 0 N–H and O–H groups in total. The number of rotatable bonds is 10. The summed E-state index contributed by atoms with van der Waals surface area (Å²) < 4.78 is 19.5. The first-order chi connectivity index (χ1) is 16.6. The van der Waals surface area contributed by atoms with E-state index >= 15 is 0 Å². The molecule has 0 unspecified atom stereocenters. The van der Waals surface area contributed by atoms with Crippen molar-refractivity contribution < 1.29 is 9.13 Å². The average molecular weight is 457 g/mol. The number of hydrogen-bond acceptors (Lipinski definition) is 1.